The molecule has 3 saturated carbocycles. The third-order valence-corrected chi connectivity index (χ3v) is 22.1. The van der Waals surface area contributed by atoms with Crippen LogP contribution in [0.15, 0.2) is 83.7 Å². The van der Waals surface area contributed by atoms with E-state index in [9.17, 15) is 48.3 Å². The second kappa shape index (κ2) is 63.8. The molecule has 0 spiro atoms. The molecule has 5 aromatic rings. The minimum absolute atomic E-state index is 0. The van der Waals surface area contributed by atoms with Crippen LogP contribution in [0.5, 0.6) is 0 Å². The van der Waals surface area contributed by atoms with Gasteiger partial charge in [-0.25, -0.2) is 48.9 Å². The molecule has 6 N–H and O–H groups in total. The molecular weight excluding hydrogens is 2070 g/mol. The number of carboxylic acids is 2. The number of aromatic carboxylic acids is 2. The van der Waals surface area contributed by atoms with Gasteiger partial charge in [0.15, 0.2) is 0 Å². The molecule has 8 fully saturated rings. The van der Waals surface area contributed by atoms with Gasteiger partial charge in [-0.1, -0.05) is 34.1 Å². The zero-order valence-corrected chi connectivity index (χ0v) is 93.0. The first kappa shape index (κ1) is 122. The molecule has 5 aliphatic heterocycles. The Morgan fingerprint density at radius 1 is 0.443 bits per heavy atom. The van der Waals surface area contributed by atoms with Gasteiger partial charge < -0.3 is 91.4 Å². The first-order valence-corrected chi connectivity index (χ1v) is 47.7. The summed E-state index contributed by atoms with van der Waals surface area (Å²) in [5.74, 6) is 1.34. The Labute approximate surface area is 900 Å². The molecule has 13 rings (SSSR count). The molecule has 0 atom stereocenters. The van der Waals surface area contributed by atoms with Gasteiger partial charge in [0.05, 0.1) is 33.9 Å². The van der Waals surface area contributed by atoms with Crippen molar-refractivity contribution < 1.29 is 191 Å². The van der Waals surface area contributed by atoms with Gasteiger partial charge in [-0.3, -0.25) is 24.0 Å². The third-order valence-electron chi connectivity index (χ3n) is 20.0. The number of nitrogens with zero attached hydrogens (tertiary/aromatic N) is 13. The van der Waals surface area contributed by atoms with Crippen LogP contribution in [0.4, 0.5) is 29.1 Å². The average molecular weight is 2200 g/mol. The molecule has 716 valence electrons. The Kier molecular flexibility index (Phi) is 59.2. The van der Waals surface area contributed by atoms with Crippen molar-refractivity contribution in [1.29, 1.82) is 5.26 Å². The molecule has 8 aliphatic rings. The van der Waals surface area contributed by atoms with E-state index in [4.69, 9.17) is 50.1 Å². The Morgan fingerprint density at radius 3 is 0.947 bits per heavy atom. The molecule has 10 heterocycles. The van der Waals surface area contributed by atoms with Crippen LogP contribution in [0.1, 0.15) is 266 Å². The maximum absolute atomic E-state index is 12.6. The van der Waals surface area contributed by atoms with Gasteiger partial charge in [-0.2, -0.15) is 5.26 Å². The Morgan fingerprint density at radius 2 is 0.695 bits per heavy atom. The summed E-state index contributed by atoms with van der Waals surface area (Å²) >= 11 is 15.9. The van der Waals surface area contributed by atoms with E-state index in [1.165, 1.54) is 83.3 Å². The first-order valence-electron chi connectivity index (χ1n) is 43.7. The van der Waals surface area contributed by atoms with E-state index in [-0.39, 0.29) is 157 Å². The number of carbonyl (C=O) groups is 10. The van der Waals surface area contributed by atoms with Crippen molar-refractivity contribution >= 4 is 169 Å². The number of aromatic nitrogens is 5. The van der Waals surface area contributed by atoms with Gasteiger partial charge in [-0.05, 0) is 286 Å². The Hall–Kier alpha value is -5.51. The minimum atomic E-state index is -0.964. The molecule has 3 aliphatic carbocycles. The smallest absolute Gasteiger partial charge is 1.00 e. The molecule has 0 bridgehead atoms. The van der Waals surface area contributed by atoms with E-state index in [2.05, 4.69) is 130 Å². The van der Waals surface area contributed by atoms with Crippen molar-refractivity contribution in [3.8, 4) is 6.07 Å². The topological polar surface area (TPSA) is 441 Å². The maximum atomic E-state index is 12.6. The summed E-state index contributed by atoms with van der Waals surface area (Å²) in [6.45, 7) is 37.5. The van der Waals surface area contributed by atoms with Gasteiger partial charge in [0.1, 0.15) is 68.9 Å². The summed E-state index contributed by atoms with van der Waals surface area (Å²) in [6.07, 6.45) is 19.3. The van der Waals surface area contributed by atoms with Crippen molar-refractivity contribution in [2.45, 2.75) is 247 Å². The number of amides is 4. The predicted octanol–water partition coefficient (Wildman–Crippen LogP) is 9.38. The molecule has 5 aromatic heterocycles. The number of rotatable bonds is 17. The number of nitrogens with one attached hydrogen (secondary N) is 2. The number of piperidine rings is 1. The monoisotopic (exact) mass is 2200 g/mol. The van der Waals surface area contributed by atoms with Gasteiger partial charge in [0.25, 0.3) is 6.47 Å². The van der Waals surface area contributed by atoms with Crippen LogP contribution < -0.4 is 139 Å². The molecule has 0 aromatic carbocycles. The number of nitriles is 1. The summed E-state index contributed by atoms with van der Waals surface area (Å²) in [7, 11) is 0. The van der Waals surface area contributed by atoms with Gasteiger partial charge >= 0.3 is 133 Å². The van der Waals surface area contributed by atoms with E-state index in [0.29, 0.717) is 185 Å². The number of anilines is 5. The first-order chi connectivity index (χ1) is 60.9. The van der Waals surface area contributed by atoms with E-state index in [0.717, 1.165) is 63.6 Å². The van der Waals surface area contributed by atoms with Crippen LogP contribution >= 0.6 is 79.6 Å². The quantitative estimate of drug-likeness (QED) is 0.0110. The number of ether oxygens (including phenoxy) is 4. The second-order valence-corrected chi connectivity index (χ2v) is 37.8. The largest absolute Gasteiger partial charge is 1.00 e. The standard InChI is InChI=1S/C21H32N4O3.C17H24BrN3O3.C17H24N4O3.C10H11Br2NO2.C8H15NO.C6H3Br2NO2.C4H9N.C4H8O.C2H3N.CH2O3.2K.H/c1-5-19(26)25-11-9-24(10-12-25)18-14-15(20(27)28-21(2,3)4)13-17(23-18)22-16-7-6-8-16;1-5-15(22)21-8-6-20(7-9-21)14-11-12(10-13(18)19-14)16(23)24-17(2,3)4;1-2-16(22)21-8-6-20(7-9-21)15-11-12(17(23)24)10-14(19-15)18-13-4-3-5-13;1-10(2,3)15-9(14)6-4-7(11)13-8(12)5-6;1-2-8(10)9-6-4-3-5-7-9;7-4-1-3(6(10)11)2-5(8)9-4;5-4-2-1-3-4;1-2-4-5-3-1;1-2-3;2-1-4-3;;;/h13-14,16H,5-12H2,1-4H3,(H,22,23);10-11H,5-9H2,1-4H3;10-11,13H,2-9H2,1H3,(H,18,19)(H,23,24);4-5H,1-3H3;2-7H2,1H3;1-2H,(H,10,11);4H,1-3,5H2;1-4H2;1H3;1,3H;;;/q;;;;;;;;;;2*+1;-1/p-1. The van der Waals surface area contributed by atoms with E-state index in [1.54, 1.807) is 54.6 Å². The maximum Gasteiger partial charge on any atom is 1.00 e. The van der Waals surface area contributed by atoms with Crippen LogP contribution in [0.2, 0.25) is 0 Å². The third kappa shape index (κ3) is 48.9. The minimum Gasteiger partial charge on any atom is -1.00 e. The number of carboxylic acid groups (broad SMARTS) is 2. The molecular formula is C90H131Br5K2N16O18. The average Bonchev–Trinajstić information content (AvgIpc) is 0.947. The fourth-order valence-electron chi connectivity index (χ4n) is 12.8. The molecule has 0 radical (unpaired) electrons. The number of pyridine rings is 5. The summed E-state index contributed by atoms with van der Waals surface area (Å²) in [4.78, 5) is 152. The number of likely N-dealkylation sites (tertiary alicyclic amines) is 1. The van der Waals surface area contributed by atoms with Crippen LogP contribution in [0.3, 0.4) is 0 Å². The van der Waals surface area contributed by atoms with Crippen LogP contribution in [0, 0.1) is 11.3 Å². The number of hydrogen-bond donors (Lipinski definition) is 5. The Bertz CT molecular complexity index is 4400. The normalized spacial score (nSPS) is 15.6. The van der Waals surface area contributed by atoms with Crippen molar-refractivity contribution in [1.82, 2.24) is 44.5 Å². The van der Waals surface area contributed by atoms with E-state index in [1.807, 2.05) is 110 Å². The summed E-state index contributed by atoms with van der Waals surface area (Å²) in [5, 5.41) is 40.4. The van der Waals surface area contributed by atoms with E-state index >= 15 is 0 Å². The summed E-state index contributed by atoms with van der Waals surface area (Å²) < 4.78 is 23.9. The number of hydrogen-bond acceptors (Lipinski definition) is 28. The number of esters is 3. The van der Waals surface area contributed by atoms with Crippen LogP contribution in [-0.2, 0) is 47.8 Å². The molecule has 5 saturated heterocycles. The Balaban J connectivity index is 0.000000778. The number of carbonyl (C=O) groups excluding carboxylic acids is 8. The molecule has 41 heteroatoms. The molecule has 0 unspecified atom stereocenters. The number of nitrogens with two attached hydrogens (primary N) is 1. The number of piperazine rings is 3. The molecule has 4 amide bonds. The van der Waals surface area contributed by atoms with Crippen molar-refractivity contribution in [2.24, 2.45) is 5.73 Å². The van der Waals surface area contributed by atoms with Crippen molar-refractivity contribution in [3.05, 3.63) is 111 Å². The fraction of sp³-hybridized carbons (Fsp3) is 0.600. The van der Waals surface area contributed by atoms with Crippen LogP contribution in [0.25, 0.3) is 0 Å². The van der Waals surface area contributed by atoms with Crippen LogP contribution in [-0.4, -0.2) is 254 Å². The second-order valence-electron chi connectivity index (χ2n) is 33.8. The number of halogens is 5. The van der Waals surface area contributed by atoms with Gasteiger partial charge in [0, 0.05) is 156 Å². The zero-order valence-electron chi connectivity index (χ0n) is 79.8. The van der Waals surface area contributed by atoms with Gasteiger partial charge in [0.2, 0.25) is 23.6 Å². The fourth-order valence-corrected chi connectivity index (χ4v) is 15.4. The zero-order chi connectivity index (χ0) is 96.1. The summed E-state index contributed by atoms with van der Waals surface area (Å²) in [5.41, 5.74) is 5.70. The SMILES string of the molecule is C1CCOC1.CC#N.CC(C)(C)OC(=O)c1cc(Br)nc(Br)c1.CCC(=O)N1CCCCC1.CCC(=O)N1CCN(c2cc(C(=O)O)cc(NC3CCC3)n2)CC1.CCC(=O)N1CCN(c2cc(C(=O)OC(C)(C)C)cc(Br)n2)CC1.CCC(=O)N1CCN(c2cc(C(=O)OC(C)(C)C)cc(NC3CCC3)n2)CC1.NC1CCC1.O=C(O)c1cc(Br)nc(Br)c1.O=CO[O-].[H-].[K+].[K+]. The summed E-state index contributed by atoms with van der Waals surface area (Å²) in [6, 6.07) is 19.5. The predicted molar refractivity (Wildman–Crippen MR) is 511 cm³/mol. The van der Waals surface area contributed by atoms with Crippen molar-refractivity contribution in [2.75, 3.05) is 130 Å². The molecule has 34 nitrogen and oxygen atoms in total. The molecule has 131 heavy (non-hydrogen) atoms. The van der Waals surface area contributed by atoms with Crippen molar-refractivity contribution in [3.63, 3.8) is 0 Å². The van der Waals surface area contributed by atoms with Gasteiger partial charge in [-0.15, -0.1) is 0 Å². The van der Waals surface area contributed by atoms with E-state index < -0.39 is 28.7 Å².